The number of rotatable bonds is 6. The van der Waals surface area contributed by atoms with Crippen LogP contribution in [0.2, 0.25) is 0 Å². The van der Waals surface area contributed by atoms with Crippen molar-refractivity contribution in [1.29, 1.82) is 0 Å². The number of nitrogens with zero attached hydrogens (tertiary/aromatic N) is 1. The first-order chi connectivity index (χ1) is 9.66. The lowest BCUT2D eigenvalue weighted by Gasteiger charge is -2.08. The third-order valence-electron chi connectivity index (χ3n) is 2.49. The van der Waals surface area contributed by atoms with E-state index in [1.807, 2.05) is 18.2 Å². The zero-order valence-corrected chi connectivity index (χ0v) is 10.5. The maximum absolute atomic E-state index is 11.5. The molecule has 2 rings (SSSR count). The van der Waals surface area contributed by atoms with Gasteiger partial charge in [0.15, 0.2) is 5.75 Å². The fourth-order valence-electron chi connectivity index (χ4n) is 1.55. The van der Waals surface area contributed by atoms with E-state index < -0.39 is 10.7 Å². The molecule has 0 bridgehead atoms. The van der Waals surface area contributed by atoms with Crippen LogP contribution in [0.15, 0.2) is 48.5 Å². The second-order valence-corrected chi connectivity index (χ2v) is 3.90. The molecule has 0 aromatic heterocycles. The van der Waals surface area contributed by atoms with E-state index in [1.54, 1.807) is 12.1 Å². The number of hydrogen-bond acceptors (Lipinski definition) is 4. The Morgan fingerprint density at radius 2 is 1.70 bits per heavy atom. The van der Waals surface area contributed by atoms with Crippen molar-refractivity contribution in [2.45, 2.75) is 0 Å². The minimum absolute atomic E-state index is 0.0455. The van der Waals surface area contributed by atoms with E-state index in [0.29, 0.717) is 5.75 Å². The van der Waals surface area contributed by atoms with Crippen LogP contribution in [0.1, 0.15) is 0 Å². The standard InChI is InChI=1S/C14H12NO5/c16-13-7-6-11(15(17)18)10-14(13)20-9-8-19-12-4-2-1-3-5-12/h1-7,10H,8-9H2. The lowest BCUT2D eigenvalue weighted by atomic mass is 10.3. The summed E-state index contributed by atoms with van der Waals surface area (Å²) in [5.74, 6) is 0.253. The van der Waals surface area contributed by atoms with E-state index in [4.69, 9.17) is 9.47 Å². The largest absolute Gasteiger partial charge is 0.490 e. The van der Waals surface area contributed by atoms with E-state index in [0.717, 1.165) is 18.2 Å². The molecule has 6 nitrogen and oxygen atoms in total. The zero-order chi connectivity index (χ0) is 14.4. The van der Waals surface area contributed by atoms with Crippen LogP contribution in [0.4, 0.5) is 5.69 Å². The third-order valence-corrected chi connectivity index (χ3v) is 2.49. The summed E-state index contributed by atoms with van der Waals surface area (Å²) in [6, 6.07) is 12.5. The van der Waals surface area contributed by atoms with E-state index >= 15 is 0 Å². The molecule has 0 amide bonds. The summed E-state index contributed by atoms with van der Waals surface area (Å²) in [7, 11) is 0. The highest BCUT2D eigenvalue weighted by Gasteiger charge is 2.12. The van der Waals surface area contributed by atoms with Crippen molar-refractivity contribution in [3.63, 3.8) is 0 Å². The highest BCUT2D eigenvalue weighted by molar-refractivity contribution is 5.47. The summed E-state index contributed by atoms with van der Waals surface area (Å²) in [6.45, 7) is 0.372. The topological polar surface area (TPSA) is 81.5 Å². The zero-order valence-electron chi connectivity index (χ0n) is 10.5. The van der Waals surface area contributed by atoms with Gasteiger partial charge in [0, 0.05) is 6.07 Å². The van der Waals surface area contributed by atoms with Gasteiger partial charge >= 0.3 is 0 Å². The van der Waals surface area contributed by atoms with Gasteiger partial charge in [0.05, 0.1) is 11.0 Å². The van der Waals surface area contributed by atoms with Gasteiger partial charge in [-0.1, -0.05) is 18.2 Å². The molecule has 0 spiro atoms. The van der Waals surface area contributed by atoms with Crippen LogP contribution >= 0.6 is 0 Å². The summed E-state index contributed by atoms with van der Waals surface area (Å²) < 4.78 is 10.6. The molecule has 1 radical (unpaired) electrons. The van der Waals surface area contributed by atoms with Crippen molar-refractivity contribution in [3.05, 3.63) is 58.6 Å². The fraction of sp³-hybridized carbons (Fsp3) is 0.143. The molecule has 0 saturated heterocycles. The van der Waals surface area contributed by atoms with Gasteiger partial charge < -0.3 is 9.47 Å². The number of hydrogen-bond donors (Lipinski definition) is 0. The average Bonchev–Trinajstić information content (AvgIpc) is 2.46. The number of para-hydroxylation sites is 1. The molecule has 6 heteroatoms. The Balaban J connectivity index is 1.88. The first kappa shape index (κ1) is 13.7. The van der Waals surface area contributed by atoms with Crippen LogP contribution in [-0.4, -0.2) is 18.1 Å². The Kier molecular flexibility index (Phi) is 4.39. The SMILES string of the molecule is [O]c1ccc([N+](=O)[O-])cc1OCCOc1ccccc1. The Hall–Kier alpha value is -2.76. The molecule has 0 fully saturated rings. The Morgan fingerprint density at radius 1 is 1.00 bits per heavy atom. The maximum atomic E-state index is 11.5. The van der Waals surface area contributed by atoms with Crippen molar-refractivity contribution in [2.75, 3.05) is 13.2 Å². The molecule has 0 heterocycles. The van der Waals surface area contributed by atoms with Gasteiger partial charge in [-0.2, -0.15) is 0 Å². The number of non-ortho nitro benzene ring substituents is 1. The summed E-state index contributed by atoms with van der Waals surface area (Å²) in [4.78, 5) is 10.0. The summed E-state index contributed by atoms with van der Waals surface area (Å²) in [5.41, 5.74) is -0.177. The second-order valence-electron chi connectivity index (χ2n) is 3.90. The van der Waals surface area contributed by atoms with E-state index in [1.165, 1.54) is 0 Å². The lowest BCUT2D eigenvalue weighted by Crippen LogP contribution is -2.09. The Bertz CT molecular complexity index is 585. The van der Waals surface area contributed by atoms with Gasteiger partial charge in [0.1, 0.15) is 19.0 Å². The number of benzene rings is 2. The van der Waals surface area contributed by atoms with Crippen LogP contribution < -0.4 is 9.47 Å². The van der Waals surface area contributed by atoms with E-state index in [2.05, 4.69) is 0 Å². The first-order valence-corrected chi connectivity index (χ1v) is 5.93. The average molecular weight is 274 g/mol. The quantitative estimate of drug-likeness (QED) is 0.460. The van der Waals surface area contributed by atoms with E-state index in [9.17, 15) is 15.2 Å². The molecule has 0 aliphatic rings. The molecule has 103 valence electrons. The van der Waals surface area contributed by atoms with Crippen LogP contribution in [0.3, 0.4) is 0 Å². The van der Waals surface area contributed by atoms with Crippen molar-refractivity contribution in [2.24, 2.45) is 0 Å². The molecule has 2 aromatic carbocycles. The smallest absolute Gasteiger partial charge is 0.273 e. The normalized spacial score (nSPS) is 10.0. The summed E-state index contributed by atoms with van der Waals surface area (Å²) in [5, 5.41) is 22.1. The fourth-order valence-corrected chi connectivity index (χ4v) is 1.55. The molecule has 0 atom stereocenters. The van der Waals surface area contributed by atoms with Crippen molar-refractivity contribution < 1.29 is 19.5 Å². The van der Waals surface area contributed by atoms with E-state index in [-0.39, 0.29) is 24.7 Å². The molecule has 0 aliphatic carbocycles. The molecule has 2 aromatic rings. The van der Waals surface area contributed by atoms with Crippen LogP contribution in [0, 0.1) is 10.1 Å². The van der Waals surface area contributed by atoms with Gasteiger partial charge in [-0.3, -0.25) is 15.2 Å². The predicted octanol–water partition coefficient (Wildman–Crippen LogP) is 3.20. The van der Waals surface area contributed by atoms with Gasteiger partial charge in [-0.05, 0) is 18.2 Å². The lowest BCUT2D eigenvalue weighted by molar-refractivity contribution is -0.385. The van der Waals surface area contributed by atoms with Crippen molar-refractivity contribution in [3.8, 4) is 17.2 Å². The minimum Gasteiger partial charge on any atom is -0.490 e. The van der Waals surface area contributed by atoms with Crippen molar-refractivity contribution in [1.82, 2.24) is 0 Å². The highest BCUT2D eigenvalue weighted by atomic mass is 16.6. The summed E-state index contributed by atoms with van der Waals surface area (Å²) >= 11 is 0. The van der Waals surface area contributed by atoms with Gasteiger partial charge in [-0.25, -0.2) is 0 Å². The van der Waals surface area contributed by atoms with Crippen LogP contribution in [0.25, 0.3) is 0 Å². The molecular weight excluding hydrogens is 262 g/mol. The maximum Gasteiger partial charge on any atom is 0.273 e. The van der Waals surface area contributed by atoms with Gasteiger partial charge in [-0.15, -0.1) is 0 Å². The Labute approximate surface area is 115 Å². The monoisotopic (exact) mass is 274 g/mol. The van der Waals surface area contributed by atoms with Gasteiger partial charge in [0.25, 0.3) is 5.69 Å². The molecule has 0 N–H and O–H groups in total. The molecule has 20 heavy (non-hydrogen) atoms. The third kappa shape index (κ3) is 3.61. The first-order valence-electron chi connectivity index (χ1n) is 5.93. The van der Waals surface area contributed by atoms with Crippen molar-refractivity contribution >= 4 is 5.69 Å². The number of nitro groups is 1. The van der Waals surface area contributed by atoms with Crippen LogP contribution in [0.5, 0.6) is 17.2 Å². The van der Waals surface area contributed by atoms with Gasteiger partial charge in [0.2, 0.25) is 5.75 Å². The minimum atomic E-state index is -0.577. The molecular formula is C14H12NO5. The second kappa shape index (κ2) is 6.42. The number of ether oxygens (including phenoxy) is 2. The molecule has 0 aliphatic heterocycles. The highest BCUT2D eigenvalue weighted by Crippen LogP contribution is 2.30. The van der Waals surface area contributed by atoms with Crippen LogP contribution in [-0.2, 0) is 5.11 Å². The number of nitro benzene ring substituents is 1. The molecule has 0 unspecified atom stereocenters. The predicted molar refractivity (Wildman–Crippen MR) is 70.7 cm³/mol. The molecule has 0 saturated carbocycles. The Morgan fingerprint density at radius 3 is 2.40 bits per heavy atom. The summed E-state index contributed by atoms with van der Waals surface area (Å²) in [6.07, 6.45) is 0.